The number of hydrogen-bond acceptors (Lipinski definition) is 7. The highest BCUT2D eigenvalue weighted by atomic mass is 32.2. The molecule has 5 unspecified atom stereocenters. The largest absolute Gasteiger partial charge is 0.345 e. The molecule has 1 aromatic rings. The molecule has 1 rings (SSSR count). The van der Waals surface area contributed by atoms with Crippen LogP contribution in [0, 0.1) is 11.8 Å². The van der Waals surface area contributed by atoms with E-state index >= 15 is 0 Å². The Hall–Kier alpha value is -2.53. The van der Waals surface area contributed by atoms with E-state index in [4.69, 9.17) is 0 Å². The number of benzene rings is 1. The van der Waals surface area contributed by atoms with Gasteiger partial charge in [-0.25, -0.2) is 0 Å². The van der Waals surface area contributed by atoms with Crippen LogP contribution in [0.2, 0.25) is 0 Å². The number of thioether (sulfide) groups is 2. The van der Waals surface area contributed by atoms with Crippen molar-refractivity contribution in [3.63, 3.8) is 0 Å². The van der Waals surface area contributed by atoms with Crippen LogP contribution in [-0.2, 0) is 30.4 Å². The van der Waals surface area contributed by atoms with Crippen molar-refractivity contribution in [3.8, 4) is 0 Å². The third-order valence-corrected chi connectivity index (χ3v) is 7.85. The summed E-state index contributed by atoms with van der Waals surface area (Å²) < 4.78 is 0. The highest BCUT2D eigenvalue weighted by Gasteiger charge is 2.33. The van der Waals surface area contributed by atoms with Gasteiger partial charge < -0.3 is 21.3 Å². The van der Waals surface area contributed by atoms with Crippen LogP contribution in [0.25, 0.3) is 0 Å². The molecule has 0 aromatic heterocycles. The summed E-state index contributed by atoms with van der Waals surface area (Å²) >= 11 is 2.61. The molecule has 224 valence electrons. The Balaban J connectivity index is 3.23. The number of carbonyl (C=O) groups is 5. The monoisotopic (exact) mass is 594 g/mol. The molecule has 0 aliphatic carbocycles. The van der Waals surface area contributed by atoms with Crippen molar-refractivity contribution in [2.45, 2.75) is 84.5 Å². The Morgan fingerprint density at radius 3 is 1.93 bits per heavy atom. The average molecular weight is 595 g/mol. The number of hydrogen-bond donors (Lipinski definition) is 4. The molecule has 0 bridgehead atoms. The van der Waals surface area contributed by atoms with Gasteiger partial charge in [-0.3, -0.25) is 24.0 Å². The van der Waals surface area contributed by atoms with Crippen molar-refractivity contribution < 1.29 is 24.0 Å². The molecule has 0 saturated heterocycles. The molecule has 0 aliphatic heterocycles. The van der Waals surface area contributed by atoms with Gasteiger partial charge in [0.05, 0.1) is 6.04 Å². The number of nitrogens with one attached hydrogen (secondary N) is 4. The highest BCUT2D eigenvalue weighted by Crippen LogP contribution is 2.14. The number of rotatable bonds is 17. The number of amides is 4. The van der Waals surface area contributed by atoms with Crippen LogP contribution in [0.4, 0.5) is 0 Å². The molecule has 0 saturated carbocycles. The maximum Gasteiger partial charge on any atom is 0.243 e. The zero-order valence-electron chi connectivity index (χ0n) is 24.7. The molecule has 4 amide bonds. The number of carbonyl (C=O) groups excluding carboxylic acids is 5. The van der Waals surface area contributed by atoms with Crippen molar-refractivity contribution >= 4 is 52.3 Å². The molecule has 0 spiro atoms. The third kappa shape index (κ3) is 12.8. The Labute approximate surface area is 247 Å². The lowest BCUT2D eigenvalue weighted by Gasteiger charge is -2.29. The quantitative estimate of drug-likeness (QED) is 0.218. The predicted octanol–water partition coefficient (Wildman–Crippen LogP) is 2.92. The van der Waals surface area contributed by atoms with E-state index in [9.17, 15) is 24.0 Å². The van der Waals surface area contributed by atoms with Crippen LogP contribution >= 0.6 is 23.5 Å². The molecule has 1 aromatic carbocycles. The van der Waals surface area contributed by atoms with Gasteiger partial charge in [0.1, 0.15) is 18.1 Å². The predicted molar refractivity (Wildman–Crippen MR) is 164 cm³/mol. The van der Waals surface area contributed by atoms with Crippen molar-refractivity contribution in [2.75, 3.05) is 18.3 Å². The van der Waals surface area contributed by atoms with Gasteiger partial charge in [0, 0.05) is 13.3 Å². The molecule has 0 heterocycles. The second-order valence-electron chi connectivity index (χ2n) is 10.4. The molecule has 0 radical (unpaired) electrons. The van der Waals surface area contributed by atoms with E-state index in [2.05, 4.69) is 21.3 Å². The second-order valence-corrected chi connectivity index (χ2v) is 12.2. The summed E-state index contributed by atoms with van der Waals surface area (Å²) in [5, 5.41) is 11.0. The minimum Gasteiger partial charge on any atom is -0.345 e. The van der Waals surface area contributed by atoms with Crippen LogP contribution in [0.3, 0.4) is 0 Å². The molecular formula is C29H46N4O5S2. The molecule has 0 aliphatic rings. The fourth-order valence-electron chi connectivity index (χ4n) is 4.13. The maximum atomic E-state index is 13.6. The first-order chi connectivity index (χ1) is 18.9. The molecule has 40 heavy (non-hydrogen) atoms. The molecular weight excluding hydrogens is 548 g/mol. The summed E-state index contributed by atoms with van der Waals surface area (Å²) in [4.78, 5) is 64.5. The topological polar surface area (TPSA) is 133 Å². The van der Waals surface area contributed by atoms with Gasteiger partial charge in [-0.05, 0) is 48.5 Å². The summed E-state index contributed by atoms with van der Waals surface area (Å²) in [6.45, 7) is 9.06. The van der Waals surface area contributed by atoms with Crippen LogP contribution in [0.1, 0.15) is 59.4 Å². The summed E-state index contributed by atoms with van der Waals surface area (Å²) in [5.74, 6) is -1.15. The fourth-order valence-corrected chi connectivity index (χ4v) is 5.04. The standard InChI is InChI=1S/C29H46N4O5S2/c1-8-19(4)25(33-26(35)22(14-15-39-6)30-20(5)34)28(37)31-23(17-21-12-10-9-11-13-21)27(36)32-24(16-18(2)3)29(38)40-7/h9-13,18-19,22-25H,8,14-17H2,1-7H3,(H,30,34)(H,31,37)(H,32,36)(H,33,35). The maximum absolute atomic E-state index is 13.6. The van der Waals surface area contributed by atoms with Crippen LogP contribution in [-0.4, -0.2) is 71.2 Å². The van der Waals surface area contributed by atoms with Crippen LogP contribution < -0.4 is 21.3 Å². The zero-order valence-corrected chi connectivity index (χ0v) is 26.4. The Kier molecular flexibility index (Phi) is 16.6. The first-order valence-corrected chi connectivity index (χ1v) is 16.3. The first-order valence-electron chi connectivity index (χ1n) is 13.7. The van der Waals surface area contributed by atoms with E-state index < -0.39 is 41.9 Å². The van der Waals surface area contributed by atoms with Crippen molar-refractivity contribution in [3.05, 3.63) is 35.9 Å². The normalized spacial score (nSPS) is 14.8. The van der Waals surface area contributed by atoms with Crippen LogP contribution in [0.15, 0.2) is 30.3 Å². The minimum atomic E-state index is -0.967. The van der Waals surface area contributed by atoms with Crippen LogP contribution in [0.5, 0.6) is 0 Å². The fraction of sp³-hybridized carbons (Fsp3) is 0.621. The van der Waals surface area contributed by atoms with Gasteiger partial charge in [-0.2, -0.15) is 11.8 Å². The summed E-state index contributed by atoms with van der Waals surface area (Å²) in [6, 6.07) is 5.95. The molecule has 4 N–H and O–H groups in total. The molecule has 0 fully saturated rings. The lowest BCUT2D eigenvalue weighted by atomic mass is 9.96. The van der Waals surface area contributed by atoms with Gasteiger partial charge in [-0.1, -0.05) is 76.2 Å². The van der Waals surface area contributed by atoms with Crippen molar-refractivity contribution in [1.82, 2.24) is 21.3 Å². The molecule has 9 nitrogen and oxygen atoms in total. The van der Waals surface area contributed by atoms with Crippen molar-refractivity contribution in [2.24, 2.45) is 11.8 Å². The zero-order chi connectivity index (χ0) is 30.2. The third-order valence-electron chi connectivity index (χ3n) is 6.52. The van der Waals surface area contributed by atoms with Gasteiger partial charge in [0.15, 0.2) is 0 Å². The highest BCUT2D eigenvalue weighted by molar-refractivity contribution is 8.13. The lowest BCUT2D eigenvalue weighted by molar-refractivity contribution is -0.135. The van der Waals surface area contributed by atoms with E-state index in [1.54, 1.807) is 18.0 Å². The van der Waals surface area contributed by atoms with E-state index in [0.717, 1.165) is 17.3 Å². The van der Waals surface area contributed by atoms with E-state index in [0.29, 0.717) is 25.0 Å². The van der Waals surface area contributed by atoms with E-state index in [1.807, 2.05) is 64.3 Å². The Morgan fingerprint density at radius 2 is 1.40 bits per heavy atom. The Bertz CT molecular complexity index is 976. The summed E-state index contributed by atoms with van der Waals surface area (Å²) in [5.41, 5.74) is 0.839. The Morgan fingerprint density at radius 1 is 0.800 bits per heavy atom. The van der Waals surface area contributed by atoms with Gasteiger partial charge >= 0.3 is 0 Å². The van der Waals surface area contributed by atoms with Gasteiger partial charge in [0.2, 0.25) is 28.7 Å². The summed E-state index contributed by atoms with van der Waals surface area (Å²) in [7, 11) is 0. The van der Waals surface area contributed by atoms with E-state index in [1.165, 1.54) is 6.92 Å². The molecule has 5 atom stereocenters. The second kappa shape index (κ2) is 18.7. The van der Waals surface area contributed by atoms with Gasteiger partial charge in [0.25, 0.3) is 0 Å². The first kappa shape index (κ1) is 35.5. The summed E-state index contributed by atoms with van der Waals surface area (Å²) in [6.07, 6.45) is 5.29. The van der Waals surface area contributed by atoms with Gasteiger partial charge in [-0.15, -0.1) is 0 Å². The molecule has 11 heteroatoms. The minimum absolute atomic E-state index is 0.147. The van der Waals surface area contributed by atoms with E-state index in [-0.39, 0.29) is 29.3 Å². The SMILES string of the molecule is CCC(C)C(NC(=O)C(CCSC)NC(C)=O)C(=O)NC(Cc1ccccc1)C(=O)NC(CC(C)C)C(=O)SC. The average Bonchev–Trinajstić information content (AvgIpc) is 2.92. The van der Waals surface area contributed by atoms with Crippen molar-refractivity contribution in [1.29, 1.82) is 0 Å². The lowest BCUT2D eigenvalue weighted by Crippen LogP contribution is -2.59. The smallest absolute Gasteiger partial charge is 0.243 e.